The zero-order valence-corrected chi connectivity index (χ0v) is 15.3. The molecule has 0 radical (unpaired) electrons. The molecule has 6 heteroatoms. The van der Waals surface area contributed by atoms with E-state index in [9.17, 15) is 8.78 Å². The van der Waals surface area contributed by atoms with E-state index in [1.807, 2.05) is 24.3 Å². The van der Waals surface area contributed by atoms with Gasteiger partial charge in [0.2, 0.25) is 0 Å². The third-order valence-corrected chi connectivity index (χ3v) is 4.42. The second kappa shape index (κ2) is 7.70. The summed E-state index contributed by atoms with van der Waals surface area (Å²) in [5, 5.41) is 1.59. The minimum Gasteiger partial charge on any atom is -0.208 e. The Bertz CT molecular complexity index is 1060. The van der Waals surface area contributed by atoms with Crippen LogP contribution in [0.15, 0.2) is 72.8 Å². The number of rotatable bonds is 4. The van der Waals surface area contributed by atoms with Crippen molar-refractivity contribution in [3.05, 3.63) is 90.0 Å². The highest BCUT2D eigenvalue weighted by atomic mass is 32.1. The van der Waals surface area contributed by atoms with E-state index in [1.165, 1.54) is 24.3 Å². The second-order valence-corrected chi connectivity index (χ2v) is 6.30. The van der Waals surface area contributed by atoms with Gasteiger partial charge in [0.1, 0.15) is 11.6 Å². The maximum atomic E-state index is 13.3. The first-order valence-electron chi connectivity index (χ1n) is 8.46. The van der Waals surface area contributed by atoms with E-state index in [0.29, 0.717) is 28.6 Å². The van der Waals surface area contributed by atoms with Crippen LogP contribution in [0.2, 0.25) is 0 Å². The largest absolute Gasteiger partial charge is 0.208 e. The van der Waals surface area contributed by atoms with E-state index in [-0.39, 0.29) is 11.6 Å². The Morgan fingerprint density at radius 3 is 1.18 bits per heavy atom. The molecule has 4 rings (SSSR count). The van der Waals surface area contributed by atoms with E-state index < -0.39 is 0 Å². The van der Waals surface area contributed by atoms with Gasteiger partial charge in [0, 0.05) is 22.1 Å². The SMILES string of the molecule is Fc1ccc(-c2nc(-c3ccc(F)cc3)nc(-c3ccc(C=S)cc3)n2)cc1. The highest BCUT2D eigenvalue weighted by Gasteiger charge is 2.12. The van der Waals surface area contributed by atoms with E-state index in [1.54, 1.807) is 29.6 Å². The van der Waals surface area contributed by atoms with Gasteiger partial charge in [-0.05, 0) is 54.1 Å². The average molecular weight is 389 g/mol. The van der Waals surface area contributed by atoms with Gasteiger partial charge in [-0.15, -0.1) is 0 Å². The Morgan fingerprint density at radius 1 is 0.536 bits per heavy atom. The standard InChI is InChI=1S/C22H13F2N3S/c23-18-9-5-16(6-10-18)21-25-20(15-3-1-14(13-28)2-4-15)26-22(27-21)17-7-11-19(24)12-8-17/h1-13H. The van der Waals surface area contributed by atoms with Gasteiger partial charge in [0.25, 0.3) is 0 Å². The molecule has 0 saturated heterocycles. The van der Waals surface area contributed by atoms with Crippen molar-refractivity contribution in [1.29, 1.82) is 0 Å². The summed E-state index contributed by atoms with van der Waals surface area (Å²) in [6, 6.07) is 19.3. The van der Waals surface area contributed by atoms with E-state index in [0.717, 1.165) is 11.1 Å². The number of benzene rings is 3. The summed E-state index contributed by atoms with van der Waals surface area (Å²) in [7, 11) is 0. The molecule has 0 spiro atoms. The minimum atomic E-state index is -0.340. The Balaban J connectivity index is 1.87. The lowest BCUT2D eigenvalue weighted by atomic mass is 10.1. The number of aromatic nitrogens is 3. The third kappa shape index (κ3) is 3.82. The molecule has 3 aromatic carbocycles. The molecule has 136 valence electrons. The van der Waals surface area contributed by atoms with Crippen LogP contribution < -0.4 is 0 Å². The normalized spacial score (nSPS) is 10.6. The van der Waals surface area contributed by atoms with Crippen molar-refractivity contribution >= 4 is 17.6 Å². The third-order valence-electron chi connectivity index (χ3n) is 4.15. The molecule has 4 aromatic rings. The summed E-state index contributed by atoms with van der Waals surface area (Å²) in [4.78, 5) is 13.6. The predicted molar refractivity (Wildman–Crippen MR) is 109 cm³/mol. The molecule has 0 aliphatic heterocycles. The second-order valence-electron chi connectivity index (χ2n) is 6.06. The molecule has 0 aliphatic rings. The first-order valence-corrected chi connectivity index (χ1v) is 8.93. The Morgan fingerprint density at radius 2 is 0.857 bits per heavy atom. The van der Waals surface area contributed by atoms with Gasteiger partial charge >= 0.3 is 0 Å². The van der Waals surface area contributed by atoms with Crippen molar-refractivity contribution in [3.8, 4) is 34.2 Å². The van der Waals surface area contributed by atoms with Crippen LogP contribution in [0.5, 0.6) is 0 Å². The Labute approximate surface area is 165 Å². The molecule has 0 saturated carbocycles. The highest BCUT2D eigenvalue weighted by Crippen LogP contribution is 2.25. The fourth-order valence-electron chi connectivity index (χ4n) is 2.67. The number of thiocarbonyl (C=S) groups is 1. The first-order chi connectivity index (χ1) is 13.6. The molecule has 28 heavy (non-hydrogen) atoms. The lowest BCUT2D eigenvalue weighted by Crippen LogP contribution is -2.00. The zero-order valence-electron chi connectivity index (χ0n) is 14.5. The Hall–Kier alpha value is -3.38. The van der Waals surface area contributed by atoms with Crippen LogP contribution in [0.1, 0.15) is 5.56 Å². The summed E-state index contributed by atoms with van der Waals surface area (Å²) < 4.78 is 26.6. The maximum absolute atomic E-state index is 13.3. The van der Waals surface area contributed by atoms with Crippen molar-refractivity contribution in [3.63, 3.8) is 0 Å². The smallest absolute Gasteiger partial charge is 0.164 e. The minimum absolute atomic E-state index is 0.340. The monoisotopic (exact) mass is 389 g/mol. The Kier molecular flexibility index (Phi) is 4.95. The van der Waals surface area contributed by atoms with Crippen molar-refractivity contribution in [2.75, 3.05) is 0 Å². The number of hydrogen-bond acceptors (Lipinski definition) is 4. The van der Waals surface area contributed by atoms with Crippen molar-refractivity contribution in [2.24, 2.45) is 0 Å². The highest BCUT2D eigenvalue weighted by molar-refractivity contribution is 7.79. The predicted octanol–water partition coefficient (Wildman–Crippen LogP) is 5.50. The molecule has 1 aromatic heterocycles. The van der Waals surface area contributed by atoms with E-state index in [2.05, 4.69) is 15.0 Å². The van der Waals surface area contributed by atoms with Crippen LogP contribution in [-0.4, -0.2) is 20.3 Å². The van der Waals surface area contributed by atoms with E-state index in [4.69, 9.17) is 12.2 Å². The van der Waals surface area contributed by atoms with Gasteiger partial charge < -0.3 is 0 Å². The van der Waals surface area contributed by atoms with Crippen LogP contribution in [0.25, 0.3) is 34.2 Å². The molecule has 0 bridgehead atoms. The number of nitrogens with zero attached hydrogens (tertiary/aromatic N) is 3. The zero-order chi connectivity index (χ0) is 19.5. The summed E-state index contributed by atoms with van der Waals surface area (Å²) >= 11 is 4.94. The number of hydrogen-bond donors (Lipinski definition) is 0. The first kappa shape index (κ1) is 18.0. The van der Waals surface area contributed by atoms with Crippen LogP contribution in [0.3, 0.4) is 0 Å². The van der Waals surface area contributed by atoms with Crippen LogP contribution >= 0.6 is 12.2 Å². The quantitative estimate of drug-likeness (QED) is 0.432. The van der Waals surface area contributed by atoms with Gasteiger partial charge in [0.05, 0.1) is 0 Å². The average Bonchev–Trinajstić information content (AvgIpc) is 2.74. The molecule has 0 atom stereocenters. The van der Waals surface area contributed by atoms with Crippen molar-refractivity contribution in [2.45, 2.75) is 0 Å². The van der Waals surface area contributed by atoms with Gasteiger partial charge in [-0.1, -0.05) is 36.5 Å². The fourth-order valence-corrected chi connectivity index (χ4v) is 2.83. The summed E-state index contributed by atoms with van der Waals surface area (Å²) in [6.45, 7) is 0. The van der Waals surface area contributed by atoms with Crippen molar-refractivity contribution in [1.82, 2.24) is 15.0 Å². The number of halogens is 2. The maximum Gasteiger partial charge on any atom is 0.164 e. The summed E-state index contributed by atoms with van der Waals surface area (Å²) in [5.41, 5.74) is 3.01. The van der Waals surface area contributed by atoms with Gasteiger partial charge in [-0.3, -0.25) is 0 Å². The van der Waals surface area contributed by atoms with E-state index >= 15 is 0 Å². The molecule has 0 N–H and O–H groups in total. The lowest BCUT2D eigenvalue weighted by molar-refractivity contribution is 0.627. The van der Waals surface area contributed by atoms with Crippen LogP contribution in [0.4, 0.5) is 8.78 Å². The fraction of sp³-hybridized carbons (Fsp3) is 0. The lowest BCUT2D eigenvalue weighted by Gasteiger charge is -2.08. The van der Waals surface area contributed by atoms with Crippen LogP contribution in [-0.2, 0) is 0 Å². The molecule has 0 amide bonds. The topological polar surface area (TPSA) is 38.7 Å². The van der Waals surface area contributed by atoms with Gasteiger partial charge in [-0.25, -0.2) is 23.7 Å². The molecule has 1 heterocycles. The van der Waals surface area contributed by atoms with Gasteiger partial charge in [0.15, 0.2) is 17.5 Å². The summed E-state index contributed by atoms with van der Waals surface area (Å²) in [6.07, 6.45) is 0. The van der Waals surface area contributed by atoms with Crippen molar-refractivity contribution < 1.29 is 8.78 Å². The molecule has 0 fully saturated rings. The molecular weight excluding hydrogens is 376 g/mol. The van der Waals surface area contributed by atoms with Gasteiger partial charge in [-0.2, -0.15) is 0 Å². The van der Waals surface area contributed by atoms with Crippen LogP contribution in [0, 0.1) is 11.6 Å². The summed E-state index contributed by atoms with van der Waals surface area (Å²) in [5.74, 6) is 0.594. The molecule has 3 nitrogen and oxygen atoms in total. The molecule has 0 unspecified atom stereocenters. The molecule has 0 aliphatic carbocycles. The molecular formula is C22H13F2N3S.